The lowest BCUT2D eigenvalue weighted by Crippen LogP contribution is -2.35. The van der Waals surface area contributed by atoms with Crippen LogP contribution in [0.5, 0.6) is 0 Å². The lowest BCUT2D eigenvalue weighted by molar-refractivity contribution is 0.260. The zero-order valence-corrected chi connectivity index (χ0v) is 14.7. The molecule has 0 bridgehead atoms. The van der Waals surface area contributed by atoms with Gasteiger partial charge in [-0.05, 0) is 58.6 Å². The van der Waals surface area contributed by atoms with Crippen molar-refractivity contribution in [2.75, 3.05) is 24.6 Å². The molecular weight excluding hydrogens is 314 g/mol. The van der Waals surface area contributed by atoms with E-state index in [0.717, 1.165) is 25.6 Å². The number of benzene rings is 1. The maximum atomic E-state index is 9.36. The Bertz CT molecular complexity index is 778. The third kappa shape index (κ3) is 2.38. The maximum absolute atomic E-state index is 9.36. The molecule has 0 radical (unpaired) electrons. The fraction of sp³-hybridized carbons (Fsp3) is 0.632. The number of hydrogen-bond acceptors (Lipinski definition) is 5. The normalized spacial score (nSPS) is 33.2. The zero-order valence-electron chi connectivity index (χ0n) is 14.7. The number of hydrogen-bond donors (Lipinski definition) is 1. The number of anilines is 1. The van der Waals surface area contributed by atoms with Crippen molar-refractivity contribution in [3.63, 3.8) is 0 Å². The molecule has 2 unspecified atom stereocenters. The standard InChI is InChI=1S/C19H25N5O/c1-19(8-4-6-13-5-2-3-7-17(13)19)12-24-18(20-21-22-24)23-9-14-15(10-23)16(14)11-25/h2-3,5,7,14-16,25H,4,6,8-12H2,1H3/t14-,15+,16?,19?. The molecule has 2 aromatic rings. The third-order valence-corrected chi connectivity index (χ3v) is 6.72. The Morgan fingerprint density at radius 3 is 2.84 bits per heavy atom. The smallest absolute Gasteiger partial charge is 0.245 e. The number of aliphatic hydroxyl groups excluding tert-OH is 1. The number of nitrogens with zero attached hydrogens (tertiary/aromatic N) is 5. The molecule has 5 rings (SSSR count). The van der Waals surface area contributed by atoms with E-state index < -0.39 is 0 Å². The van der Waals surface area contributed by atoms with Gasteiger partial charge in [0.25, 0.3) is 0 Å². The van der Waals surface area contributed by atoms with Crippen LogP contribution in [0.2, 0.25) is 0 Å². The Hall–Kier alpha value is -1.95. The third-order valence-electron chi connectivity index (χ3n) is 6.72. The number of aliphatic hydroxyl groups is 1. The quantitative estimate of drug-likeness (QED) is 0.917. The second-order valence-electron chi connectivity index (χ2n) is 8.29. The summed E-state index contributed by atoms with van der Waals surface area (Å²) in [4.78, 5) is 2.31. The van der Waals surface area contributed by atoms with E-state index in [4.69, 9.17) is 0 Å². The van der Waals surface area contributed by atoms with E-state index in [1.807, 2.05) is 4.68 Å². The summed E-state index contributed by atoms with van der Waals surface area (Å²) < 4.78 is 2.00. The van der Waals surface area contributed by atoms with Crippen LogP contribution in [0, 0.1) is 17.8 Å². The lowest BCUT2D eigenvalue weighted by Gasteiger charge is -2.36. The fourth-order valence-corrected chi connectivity index (χ4v) is 5.24. The number of piperidine rings is 1. The summed E-state index contributed by atoms with van der Waals surface area (Å²) in [7, 11) is 0. The maximum Gasteiger partial charge on any atom is 0.245 e. The summed E-state index contributed by atoms with van der Waals surface area (Å²) in [6.07, 6.45) is 3.56. The van der Waals surface area contributed by atoms with Gasteiger partial charge in [0.1, 0.15) is 0 Å². The fourth-order valence-electron chi connectivity index (χ4n) is 5.24. The van der Waals surface area contributed by atoms with Crippen molar-refractivity contribution in [3.8, 4) is 0 Å². The number of rotatable bonds is 4. The van der Waals surface area contributed by atoms with Crippen molar-refractivity contribution >= 4 is 5.95 Å². The molecule has 6 nitrogen and oxygen atoms in total. The highest BCUT2D eigenvalue weighted by atomic mass is 16.3. The Kier molecular flexibility index (Phi) is 3.39. The van der Waals surface area contributed by atoms with Crippen LogP contribution in [-0.2, 0) is 18.4 Å². The van der Waals surface area contributed by atoms with Gasteiger partial charge in [-0.3, -0.25) is 0 Å². The van der Waals surface area contributed by atoms with Crippen LogP contribution < -0.4 is 4.90 Å². The predicted octanol–water partition coefficient (Wildman–Crippen LogP) is 1.64. The van der Waals surface area contributed by atoms with Gasteiger partial charge in [0.05, 0.1) is 6.54 Å². The number of tetrazole rings is 1. The number of fused-ring (bicyclic) bond motifs is 2. The predicted molar refractivity (Wildman–Crippen MR) is 94.3 cm³/mol. The first-order valence-corrected chi connectivity index (χ1v) is 9.40. The van der Waals surface area contributed by atoms with Gasteiger partial charge in [-0.15, -0.1) is 0 Å². The molecule has 2 aliphatic carbocycles. The summed E-state index contributed by atoms with van der Waals surface area (Å²) in [5.41, 5.74) is 3.00. The summed E-state index contributed by atoms with van der Waals surface area (Å²) in [6, 6.07) is 8.82. The van der Waals surface area contributed by atoms with Crippen molar-refractivity contribution in [2.45, 2.75) is 38.1 Å². The van der Waals surface area contributed by atoms with Crippen LogP contribution in [-0.4, -0.2) is 45.0 Å². The van der Waals surface area contributed by atoms with E-state index >= 15 is 0 Å². The highest BCUT2D eigenvalue weighted by Crippen LogP contribution is 2.52. The van der Waals surface area contributed by atoms with Crippen LogP contribution in [0.15, 0.2) is 24.3 Å². The van der Waals surface area contributed by atoms with Gasteiger partial charge in [-0.2, -0.15) is 0 Å². The van der Waals surface area contributed by atoms with Crippen LogP contribution in [0.3, 0.4) is 0 Å². The molecule has 3 aliphatic rings. The number of aryl methyl sites for hydroxylation is 1. The van der Waals surface area contributed by atoms with E-state index in [9.17, 15) is 5.11 Å². The molecule has 6 heteroatoms. The molecule has 2 fully saturated rings. The van der Waals surface area contributed by atoms with Gasteiger partial charge < -0.3 is 10.0 Å². The molecule has 0 spiro atoms. The highest BCUT2D eigenvalue weighted by molar-refractivity contribution is 5.38. The Balaban J connectivity index is 1.39. The van der Waals surface area contributed by atoms with Gasteiger partial charge in [0, 0.05) is 25.1 Å². The molecule has 1 aromatic carbocycles. The van der Waals surface area contributed by atoms with Crippen molar-refractivity contribution in [2.24, 2.45) is 17.8 Å². The molecule has 1 N–H and O–H groups in total. The van der Waals surface area contributed by atoms with E-state index in [1.165, 1.54) is 30.4 Å². The Labute approximate surface area is 147 Å². The largest absolute Gasteiger partial charge is 0.396 e. The van der Waals surface area contributed by atoms with Crippen LogP contribution in [0.1, 0.15) is 30.9 Å². The van der Waals surface area contributed by atoms with E-state index in [-0.39, 0.29) is 5.41 Å². The van der Waals surface area contributed by atoms with Crippen LogP contribution in [0.25, 0.3) is 0 Å². The van der Waals surface area contributed by atoms with Crippen molar-refractivity contribution < 1.29 is 5.11 Å². The molecule has 1 saturated carbocycles. The average Bonchev–Trinajstić information content (AvgIpc) is 2.96. The van der Waals surface area contributed by atoms with E-state index in [1.54, 1.807) is 0 Å². The van der Waals surface area contributed by atoms with Crippen molar-refractivity contribution in [1.82, 2.24) is 20.2 Å². The molecule has 1 aromatic heterocycles. The zero-order chi connectivity index (χ0) is 17.0. The summed E-state index contributed by atoms with van der Waals surface area (Å²) in [5.74, 6) is 2.65. The first-order chi connectivity index (χ1) is 12.2. The van der Waals surface area contributed by atoms with Crippen LogP contribution >= 0.6 is 0 Å². The van der Waals surface area contributed by atoms with Gasteiger partial charge in [0.15, 0.2) is 0 Å². The number of aromatic nitrogens is 4. The van der Waals surface area contributed by atoms with E-state index in [0.29, 0.717) is 24.4 Å². The first-order valence-electron chi connectivity index (χ1n) is 9.40. The SMILES string of the molecule is CC1(Cn2nnnc2N2C[C@@H]3C(CO)[C@@H]3C2)CCCc2ccccc21. The highest BCUT2D eigenvalue weighted by Gasteiger charge is 2.56. The van der Waals surface area contributed by atoms with Gasteiger partial charge in [-0.25, -0.2) is 4.68 Å². The average molecular weight is 339 g/mol. The van der Waals surface area contributed by atoms with Crippen LogP contribution in [0.4, 0.5) is 5.95 Å². The van der Waals surface area contributed by atoms with Gasteiger partial charge in [0.2, 0.25) is 5.95 Å². The molecule has 25 heavy (non-hydrogen) atoms. The second-order valence-corrected chi connectivity index (χ2v) is 8.29. The van der Waals surface area contributed by atoms with Gasteiger partial charge >= 0.3 is 0 Å². The lowest BCUT2D eigenvalue weighted by atomic mass is 9.71. The molecule has 0 amide bonds. The Morgan fingerprint density at radius 1 is 1.24 bits per heavy atom. The van der Waals surface area contributed by atoms with Crippen molar-refractivity contribution in [1.29, 1.82) is 0 Å². The summed E-state index contributed by atoms with van der Waals surface area (Å²) in [5, 5.41) is 22.0. The van der Waals surface area contributed by atoms with Gasteiger partial charge in [-0.1, -0.05) is 36.3 Å². The second kappa shape index (κ2) is 5.53. The monoisotopic (exact) mass is 339 g/mol. The molecular formula is C19H25N5O. The molecule has 1 saturated heterocycles. The summed E-state index contributed by atoms with van der Waals surface area (Å²) >= 11 is 0. The minimum Gasteiger partial charge on any atom is -0.396 e. The van der Waals surface area contributed by atoms with Crippen molar-refractivity contribution in [3.05, 3.63) is 35.4 Å². The molecule has 132 valence electrons. The molecule has 4 atom stereocenters. The molecule has 1 aliphatic heterocycles. The first kappa shape index (κ1) is 15.3. The topological polar surface area (TPSA) is 67.1 Å². The molecule has 2 heterocycles. The Morgan fingerprint density at radius 2 is 2.04 bits per heavy atom. The minimum atomic E-state index is 0.0786. The summed E-state index contributed by atoms with van der Waals surface area (Å²) in [6.45, 7) is 5.44. The minimum absolute atomic E-state index is 0.0786. The van der Waals surface area contributed by atoms with E-state index in [2.05, 4.69) is 51.6 Å².